The number of nitrogens with zero attached hydrogens (tertiary/aromatic N) is 1. The number of rotatable bonds is 9. The van der Waals surface area contributed by atoms with E-state index in [1.165, 1.54) is 20.2 Å². The van der Waals surface area contributed by atoms with E-state index < -0.39 is 23.8 Å². The van der Waals surface area contributed by atoms with Gasteiger partial charge in [0, 0.05) is 44.4 Å². The molecule has 4 N–H and O–H groups in total. The smallest absolute Gasteiger partial charge is 0.323 e. The van der Waals surface area contributed by atoms with Gasteiger partial charge in [0.25, 0.3) is 0 Å². The average Bonchev–Trinajstić information content (AvgIpc) is 3.02. The van der Waals surface area contributed by atoms with Gasteiger partial charge in [0.05, 0.1) is 7.11 Å². The molecule has 236 valence electrons. The van der Waals surface area contributed by atoms with Crippen molar-refractivity contribution in [3.63, 3.8) is 0 Å². The van der Waals surface area contributed by atoms with Crippen molar-refractivity contribution in [1.29, 1.82) is 0 Å². The Balaban J connectivity index is 1.37. The minimum Gasteiger partial charge on any atom is -0.496 e. The molecule has 0 aromatic heterocycles. The minimum absolute atomic E-state index is 0.0469. The van der Waals surface area contributed by atoms with Crippen molar-refractivity contribution in [3.8, 4) is 28.0 Å². The summed E-state index contributed by atoms with van der Waals surface area (Å²) in [6.07, 6.45) is 1.35. The van der Waals surface area contributed by atoms with E-state index >= 15 is 4.39 Å². The molecule has 0 bridgehead atoms. The highest BCUT2D eigenvalue weighted by atomic mass is 19.1. The lowest BCUT2D eigenvalue weighted by Gasteiger charge is -2.28. The maximum absolute atomic E-state index is 15.6. The Hall–Kier alpha value is -4.77. The van der Waals surface area contributed by atoms with Gasteiger partial charge >= 0.3 is 6.03 Å². The molecule has 5 rings (SSSR count). The number of halogens is 1. The molecule has 5 amide bonds. The fraction of sp³-hybridized carbons (Fsp3) is 0.353. The summed E-state index contributed by atoms with van der Waals surface area (Å²) in [5.41, 5.74) is 5.97. The van der Waals surface area contributed by atoms with Crippen LogP contribution in [0.3, 0.4) is 0 Å². The van der Waals surface area contributed by atoms with Gasteiger partial charge in [0.1, 0.15) is 17.5 Å². The Morgan fingerprint density at radius 1 is 1.02 bits per heavy atom. The largest absolute Gasteiger partial charge is 0.496 e. The summed E-state index contributed by atoms with van der Waals surface area (Å²) in [5, 5.41) is 11.5. The predicted octanol–water partition coefficient (Wildman–Crippen LogP) is 4.14. The van der Waals surface area contributed by atoms with Crippen LogP contribution < -0.4 is 26.0 Å². The lowest BCUT2D eigenvalue weighted by Crippen LogP contribution is -2.56. The normalized spacial score (nSPS) is 18.3. The van der Waals surface area contributed by atoms with Gasteiger partial charge in [-0.05, 0) is 84.3 Å². The second kappa shape index (κ2) is 13.5. The molecule has 2 unspecified atom stereocenters. The van der Waals surface area contributed by atoms with Gasteiger partial charge in [0.15, 0.2) is 0 Å². The van der Waals surface area contributed by atoms with Gasteiger partial charge in [-0.15, -0.1) is 0 Å². The van der Waals surface area contributed by atoms with Crippen LogP contribution in [-0.2, 0) is 20.9 Å². The Labute approximate surface area is 261 Å². The summed E-state index contributed by atoms with van der Waals surface area (Å²) in [5.74, 6) is -1.78. The Morgan fingerprint density at radius 3 is 2.47 bits per heavy atom. The van der Waals surface area contributed by atoms with Crippen LogP contribution in [0.25, 0.3) is 22.3 Å². The molecule has 2 atom stereocenters. The zero-order chi connectivity index (χ0) is 32.2. The summed E-state index contributed by atoms with van der Waals surface area (Å²) < 4.78 is 21.2. The van der Waals surface area contributed by atoms with E-state index in [1.54, 1.807) is 6.07 Å². The maximum Gasteiger partial charge on any atom is 0.323 e. The van der Waals surface area contributed by atoms with Crippen LogP contribution in [-0.4, -0.2) is 62.4 Å². The lowest BCUT2D eigenvalue weighted by atomic mass is 9.90. The molecule has 2 aliphatic rings. The van der Waals surface area contributed by atoms with E-state index in [1.807, 2.05) is 50.2 Å². The highest BCUT2D eigenvalue weighted by Crippen LogP contribution is 2.38. The minimum atomic E-state index is -1.03. The van der Waals surface area contributed by atoms with Gasteiger partial charge in [0.2, 0.25) is 17.7 Å². The molecule has 10 nitrogen and oxygen atoms in total. The summed E-state index contributed by atoms with van der Waals surface area (Å²) >= 11 is 0. The van der Waals surface area contributed by atoms with Crippen molar-refractivity contribution in [3.05, 3.63) is 71.0 Å². The molecule has 0 spiro atoms. The molecule has 3 aromatic carbocycles. The van der Waals surface area contributed by atoms with Crippen LogP contribution in [0, 0.1) is 31.5 Å². The summed E-state index contributed by atoms with van der Waals surface area (Å²) in [4.78, 5) is 49.9. The Morgan fingerprint density at radius 2 is 1.73 bits per heavy atom. The molecule has 0 radical (unpaired) electrons. The zero-order valence-electron chi connectivity index (χ0n) is 25.9. The van der Waals surface area contributed by atoms with E-state index in [0.29, 0.717) is 42.1 Å². The van der Waals surface area contributed by atoms with Gasteiger partial charge < -0.3 is 26.0 Å². The number of nitrogens with one attached hydrogen (secondary N) is 4. The van der Waals surface area contributed by atoms with Crippen LogP contribution in [0.1, 0.15) is 29.5 Å². The number of anilines is 1. The average molecular weight is 616 g/mol. The van der Waals surface area contributed by atoms with Crippen LogP contribution in [0.2, 0.25) is 0 Å². The van der Waals surface area contributed by atoms with Gasteiger partial charge in [-0.25, -0.2) is 9.18 Å². The van der Waals surface area contributed by atoms with Crippen molar-refractivity contribution in [2.24, 2.45) is 11.8 Å². The van der Waals surface area contributed by atoms with Crippen molar-refractivity contribution < 1.29 is 28.3 Å². The standard InChI is InChI=1S/C34H38FN5O5/c1-19-23(22-14-28(35)26(30(15-22)45-4)17-36-16-21-11-12-37-31(41)13-21)7-5-8-24(19)25-9-6-10-29(20(25)2)39-32(42)27-18-38-34(44)40(3)33(27)43/h5-10,14-15,21,27,36H,11-13,16-18H2,1-4H3,(H,37,41)(H,38,44)(H,39,42). The third-order valence-electron chi connectivity index (χ3n) is 8.69. The first-order chi connectivity index (χ1) is 21.6. The van der Waals surface area contributed by atoms with Crippen molar-refractivity contribution in [2.75, 3.05) is 39.1 Å². The first-order valence-electron chi connectivity index (χ1n) is 15.0. The van der Waals surface area contributed by atoms with E-state index in [-0.39, 0.29) is 30.7 Å². The molecule has 45 heavy (non-hydrogen) atoms. The number of benzene rings is 3. The summed E-state index contributed by atoms with van der Waals surface area (Å²) in [6, 6.07) is 14.2. The fourth-order valence-corrected chi connectivity index (χ4v) is 6.00. The Bertz CT molecular complexity index is 1660. The number of urea groups is 1. The van der Waals surface area contributed by atoms with Crippen LogP contribution in [0.4, 0.5) is 14.9 Å². The van der Waals surface area contributed by atoms with Gasteiger partial charge in [-0.2, -0.15) is 0 Å². The van der Waals surface area contributed by atoms with Crippen molar-refractivity contribution >= 4 is 29.4 Å². The quantitative estimate of drug-likeness (QED) is 0.268. The molecule has 2 heterocycles. The van der Waals surface area contributed by atoms with E-state index in [4.69, 9.17) is 4.74 Å². The number of hydrogen-bond donors (Lipinski definition) is 4. The second-order valence-electron chi connectivity index (χ2n) is 11.6. The van der Waals surface area contributed by atoms with Crippen LogP contribution in [0.5, 0.6) is 5.75 Å². The van der Waals surface area contributed by atoms with Crippen molar-refractivity contribution in [2.45, 2.75) is 33.2 Å². The number of ether oxygens (including phenoxy) is 1. The van der Waals surface area contributed by atoms with E-state index in [0.717, 1.165) is 39.1 Å². The highest BCUT2D eigenvalue weighted by Gasteiger charge is 2.36. The first kappa shape index (κ1) is 31.6. The molecule has 0 saturated carbocycles. The molecule has 3 aromatic rings. The fourth-order valence-electron chi connectivity index (χ4n) is 6.00. The second-order valence-corrected chi connectivity index (χ2v) is 11.6. The van der Waals surface area contributed by atoms with E-state index in [2.05, 4.69) is 21.3 Å². The summed E-state index contributed by atoms with van der Waals surface area (Å²) in [6.45, 7) is 5.34. The molecular weight excluding hydrogens is 577 g/mol. The topological polar surface area (TPSA) is 129 Å². The van der Waals surface area contributed by atoms with Gasteiger partial charge in [-0.1, -0.05) is 30.3 Å². The lowest BCUT2D eigenvalue weighted by molar-refractivity contribution is -0.138. The van der Waals surface area contributed by atoms with Crippen molar-refractivity contribution in [1.82, 2.24) is 20.9 Å². The molecule has 0 aliphatic carbocycles. The summed E-state index contributed by atoms with van der Waals surface area (Å²) in [7, 11) is 2.86. The number of hydrogen-bond acceptors (Lipinski definition) is 6. The molecular formula is C34H38FN5O5. The molecule has 2 fully saturated rings. The number of amides is 5. The maximum atomic E-state index is 15.6. The number of carbonyl (C=O) groups is 4. The van der Waals surface area contributed by atoms with Crippen LogP contribution >= 0.6 is 0 Å². The van der Waals surface area contributed by atoms with E-state index in [9.17, 15) is 19.2 Å². The SMILES string of the molecule is COc1cc(-c2cccc(-c3cccc(NC(=O)C4CNC(=O)N(C)C4=O)c3C)c2C)cc(F)c1CNCC1CCNC(=O)C1. The molecule has 2 saturated heterocycles. The highest BCUT2D eigenvalue weighted by molar-refractivity contribution is 6.12. The number of carbonyl (C=O) groups excluding carboxylic acids is 4. The zero-order valence-corrected chi connectivity index (χ0v) is 25.9. The first-order valence-corrected chi connectivity index (χ1v) is 15.0. The number of methoxy groups -OCH3 is 1. The van der Waals surface area contributed by atoms with Gasteiger partial charge in [-0.3, -0.25) is 19.3 Å². The monoisotopic (exact) mass is 615 g/mol. The number of piperidine rings is 1. The predicted molar refractivity (Wildman–Crippen MR) is 169 cm³/mol. The Kier molecular flexibility index (Phi) is 9.48. The van der Waals surface area contributed by atoms with Crippen LogP contribution in [0.15, 0.2) is 48.5 Å². The third-order valence-corrected chi connectivity index (χ3v) is 8.69. The third kappa shape index (κ3) is 6.68. The number of imide groups is 1. The molecule has 11 heteroatoms. The molecule has 2 aliphatic heterocycles.